The monoisotopic (exact) mass is 131 g/mol. The third kappa shape index (κ3) is 2.23. The van der Waals surface area contributed by atoms with E-state index in [0.29, 0.717) is 0 Å². The normalized spacial score (nSPS) is 15.5. The number of aliphatic hydroxyl groups is 1. The Morgan fingerprint density at radius 3 is 1.88 bits per heavy atom. The summed E-state index contributed by atoms with van der Waals surface area (Å²) in [4.78, 5) is 0. The van der Waals surface area contributed by atoms with E-state index >= 15 is 0 Å². The van der Waals surface area contributed by atoms with Gasteiger partial charge in [-0.2, -0.15) is 0 Å². The lowest BCUT2D eigenvalue weighted by Crippen LogP contribution is -2.38. The highest BCUT2D eigenvalue weighted by Gasteiger charge is 2.21. The van der Waals surface area contributed by atoms with Gasteiger partial charge in [0.05, 0.1) is 13.8 Å². The average Bonchev–Trinajstić information content (AvgIpc) is 1.62. The van der Waals surface area contributed by atoms with Gasteiger partial charge in [-0.1, -0.05) is 19.6 Å². The SMILES string of the molecule is C[Si](C)(C)C(O)C=N. The first kappa shape index (κ1) is 7.85. The molecule has 0 heterocycles. The van der Waals surface area contributed by atoms with Crippen molar-refractivity contribution in [2.24, 2.45) is 0 Å². The van der Waals surface area contributed by atoms with E-state index in [1.165, 1.54) is 0 Å². The molecule has 0 spiro atoms. The number of aliphatic hydroxyl groups excluding tert-OH is 1. The van der Waals surface area contributed by atoms with Gasteiger partial charge in [0, 0.05) is 6.21 Å². The quantitative estimate of drug-likeness (QED) is 0.424. The topological polar surface area (TPSA) is 44.1 Å². The van der Waals surface area contributed by atoms with Crippen molar-refractivity contribution < 1.29 is 5.11 Å². The van der Waals surface area contributed by atoms with Gasteiger partial charge in [-0.15, -0.1) is 0 Å². The third-order valence-electron chi connectivity index (χ3n) is 1.05. The second-order valence-electron chi connectivity index (χ2n) is 2.98. The number of hydrogen-bond donors (Lipinski definition) is 2. The Hall–Kier alpha value is -0.153. The molecule has 0 fully saturated rings. The van der Waals surface area contributed by atoms with Gasteiger partial charge in [-0.05, 0) is 0 Å². The second-order valence-corrected chi connectivity index (χ2v) is 8.30. The van der Waals surface area contributed by atoms with E-state index in [9.17, 15) is 0 Å². The molecule has 0 radical (unpaired) electrons. The molecule has 0 aliphatic carbocycles. The van der Waals surface area contributed by atoms with E-state index in [-0.39, 0.29) is 0 Å². The van der Waals surface area contributed by atoms with E-state index in [2.05, 4.69) is 0 Å². The summed E-state index contributed by atoms with van der Waals surface area (Å²) >= 11 is 0. The maximum atomic E-state index is 9.01. The lowest BCUT2D eigenvalue weighted by atomic mass is 10.8. The Bertz CT molecular complexity index is 86.9. The Labute approximate surface area is 51.1 Å². The molecule has 0 saturated heterocycles. The molecule has 2 nitrogen and oxygen atoms in total. The number of nitrogens with one attached hydrogen (secondary N) is 1. The largest absolute Gasteiger partial charge is 0.391 e. The first-order valence-electron chi connectivity index (χ1n) is 2.67. The summed E-state index contributed by atoms with van der Waals surface area (Å²) in [7, 11) is -1.45. The average molecular weight is 131 g/mol. The van der Waals surface area contributed by atoms with Crippen LogP contribution in [-0.4, -0.2) is 25.1 Å². The van der Waals surface area contributed by atoms with Crippen molar-refractivity contribution in [3.05, 3.63) is 0 Å². The summed E-state index contributed by atoms with van der Waals surface area (Å²) < 4.78 is 0. The standard InChI is InChI=1S/C5H13NOSi/c1-8(2,3)5(7)4-6/h4-7H,1-3H3. The molecule has 0 aliphatic rings. The van der Waals surface area contributed by atoms with Crippen LogP contribution < -0.4 is 0 Å². The van der Waals surface area contributed by atoms with Crippen molar-refractivity contribution in [1.82, 2.24) is 0 Å². The van der Waals surface area contributed by atoms with E-state index < -0.39 is 13.8 Å². The molecule has 0 aromatic heterocycles. The lowest BCUT2D eigenvalue weighted by Gasteiger charge is -2.18. The third-order valence-corrected chi connectivity index (χ3v) is 2.99. The van der Waals surface area contributed by atoms with Crippen molar-refractivity contribution in [2.45, 2.75) is 25.4 Å². The molecule has 48 valence electrons. The number of rotatable bonds is 2. The fourth-order valence-corrected chi connectivity index (χ4v) is 0.750. The molecule has 0 saturated carbocycles. The molecule has 2 N–H and O–H groups in total. The highest BCUT2D eigenvalue weighted by atomic mass is 28.3. The fourth-order valence-electron chi connectivity index (χ4n) is 0.250. The minimum atomic E-state index is -1.45. The highest BCUT2D eigenvalue weighted by Crippen LogP contribution is 2.03. The molecular formula is C5H13NOSi. The first-order valence-corrected chi connectivity index (χ1v) is 6.25. The summed E-state index contributed by atoms with van der Waals surface area (Å²) in [6.07, 6.45) is 1.12. The molecule has 0 bridgehead atoms. The molecule has 1 unspecified atom stereocenters. The Kier molecular flexibility index (Phi) is 2.37. The number of hydrogen-bond acceptors (Lipinski definition) is 2. The zero-order valence-electron chi connectivity index (χ0n) is 5.60. The molecule has 0 aliphatic heterocycles. The highest BCUT2D eigenvalue weighted by molar-refractivity contribution is 6.79. The molecule has 3 heteroatoms. The maximum Gasteiger partial charge on any atom is 0.0850 e. The van der Waals surface area contributed by atoms with Gasteiger partial charge in [0.1, 0.15) is 0 Å². The van der Waals surface area contributed by atoms with Crippen LogP contribution in [0.3, 0.4) is 0 Å². The van der Waals surface area contributed by atoms with Crippen molar-refractivity contribution in [3.8, 4) is 0 Å². The van der Waals surface area contributed by atoms with Crippen LogP contribution in [0.2, 0.25) is 19.6 Å². The van der Waals surface area contributed by atoms with Crippen molar-refractivity contribution in [1.29, 1.82) is 5.41 Å². The van der Waals surface area contributed by atoms with Gasteiger partial charge >= 0.3 is 0 Å². The fraction of sp³-hybridized carbons (Fsp3) is 0.800. The van der Waals surface area contributed by atoms with Crippen molar-refractivity contribution in [3.63, 3.8) is 0 Å². The van der Waals surface area contributed by atoms with Crippen molar-refractivity contribution in [2.75, 3.05) is 0 Å². The molecule has 8 heavy (non-hydrogen) atoms. The molecule has 0 aromatic rings. The summed E-state index contributed by atoms with van der Waals surface area (Å²) in [6.45, 7) is 6.09. The van der Waals surface area contributed by atoms with Crippen LogP contribution in [0.15, 0.2) is 0 Å². The van der Waals surface area contributed by atoms with Crippen LogP contribution in [0.5, 0.6) is 0 Å². The van der Waals surface area contributed by atoms with Crippen LogP contribution in [0, 0.1) is 5.41 Å². The predicted octanol–water partition coefficient (Wildman–Crippen LogP) is 0.874. The second kappa shape index (κ2) is 2.41. The molecule has 0 amide bonds. The van der Waals surface area contributed by atoms with Gasteiger partial charge in [-0.3, -0.25) is 0 Å². The molecule has 0 rings (SSSR count). The minimum absolute atomic E-state index is 0.470. The summed E-state index contributed by atoms with van der Waals surface area (Å²) in [5.74, 6) is 0. The lowest BCUT2D eigenvalue weighted by molar-refractivity contribution is 0.311. The minimum Gasteiger partial charge on any atom is -0.391 e. The molecule has 1 atom stereocenters. The Morgan fingerprint density at radius 2 is 1.88 bits per heavy atom. The Balaban J connectivity index is 3.80. The summed E-state index contributed by atoms with van der Waals surface area (Å²) in [6, 6.07) is 0. The Morgan fingerprint density at radius 1 is 1.50 bits per heavy atom. The predicted molar refractivity (Wildman–Crippen MR) is 38.1 cm³/mol. The first-order chi connectivity index (χ1) is 3.48. The summed E-state index contributed by atoms with van der Waals surface area (Å²) in [5, 5.41) is 15.7. The van der Waals surface area contributed by atoms with Crippen LogP contribution in [0.1, 0.15) is 0 Å². The van der Waals surface area contributed by atoms with Crippen LogP contribution >= 0.6 is 0 Å². The van der Waals surface area contributed by atoms with Gasteiger partial charge in [0.25, 0.3) is 0 Å². The molecular weight excluding hydrogens is 118 g/mol. The van der Waals surface area contributed by atoms with Crippen LogP contribution in [0.4, 0.5) is 0 Å². The maximum absolute atomic E-state index is 9.01. The van der Waals surface area contributed by atoms with Gasteiger partial charge in [-0.25, -0.2) is 0 Å². The van der Waals surface area contributed by atoms with E-state index in [4.69, 9.17) is 10.5 Å². The van der Waals surface area contributed by atoms with E-state index in [1.807, 2.05) is 19.6 Å². The zero-order valence-corrected chi connectivity index (χ0v) is 6.60. The van der Waals surface area contributed by atoms with Gasteiger partial charge < -0.3 is 10.5 Å². The van der Waals surface area contributed by atoms with Gasteiger partial charge in [0.15, 0.2) is 0 Å². The van der Waals surface area contributed by atoms with E-state index in [1.54, 1.807) is 0 Å². The van der Waals surface area contributed by atoms with Gasteiger partial charge in [0.2, 0.25) is 0 Å². The van der Waals surface area contributed by atoms with Crippen LogP contribution in [0.25, 0.3) is 0 Å². The smallest absolute Gasteiger partial charge is 0.0850 e. The van der Waals surface area contributed by atoms with Crippen LogP contribution in [-0.2, 0) is 0 Å². The summed E-state index contributed by atoms with van der Waals surface area (Å²) in [5.41, 5.74) is -0.470. The molecule has 0 aromatic carbocycles. The van der Waals surface area contributed by atoms with E-state index in [0.717, 1.165) is 6.21 Å². The zero-order chi connectivity index (χ0) is 6.78. The van der Waals surface area contributed by atoms with Crippen molar-refractivity contribution >= 4 is 14.3 Å².